The molecule has 140 valence electrons. The Balaban J connectivity index is 2.40. The number of hydrogen-bond donors (Lipinski definition) is 1. The third kappa shape index (κ3) is 4.43. The van der Waals surface area contributed by atoms with E-state index in [-0.39, 0.29) is 5.91 Å². The van der Waals surface area contributed by atoms with Crippen LogP contribution in [0.15, 0.2) is 42.5 Å². The van der Waals surface area contributed by atoms with E-state index in [9.17, 15) is 13.2 Å². The molecular formula is C20H26N2O3S. The first-order valence-electron chi connectivity index (χ1n) is 8.58. The molecule has 0 aliphatic carbocycles. The van der Waals surface area contributed by atoms with Crippen molar-refractivity contribution in [3.8, 4) is 0 Å². The summed E-state index contributed by atoms with van der Waals surface area (Å²) in [5.74, 6) is -0.341. The molecule has 1 unspecified atom stereocenters. The van der Waals surface area contributed by atoms with Crippen LogP contribution in [0.5, 0.6) is 0 Å². The molecule has 0 aliphatic heterocycles. The lowest BCUT2D eigenvalue weighted by atomic mass is 10.1. The van der Waals surface area contributed by atoms with Gasteiger partial charge in [0.15, 0.2) is 0 Å². The first-order chi connectivity index (χ1) is 12.1. The Hall–Kier alpha value is -2.34. The molecule has 0 aliphatic rings. The molecule has 5 nitrogen and oxygen atoms in total. The smallest absolute Gasteiger partial charge is 0.248 e. The highest BCUT2D eigenvalue weighted by atomic mass is 32.2. The van der Waals surface area contributed by atoms with E-state index in [2.05, 4.69) is 5.32 Å². The van der Waals surface area contributed by atoms with E-state index >= 15 is 0 Å². The van der Waals surface area contributed by atoms with Crippen LogP contribution in [0.4, 0.5) is 11.4 Å². The summed E-state index contributed by atoms with van der Waals surface area (Å²) in [5.41, 5.74) is 4.24. The van der Waals surface area contributed by atoms with Gasteiger partial charge in [0.2, 0.25) is 15.9 Å². The first-order valence-corrected chi connectivity index (χ1v) is 10.4. The zero-order valence-corrected chi connectivity index (χ0v) is 16.7. The SMILES string of the molecule is CCC(C(=O)Nc1cccc(C)c1C)N(c1ccc(C)cc1)S(C)(=O)=O. The average Bonchev–Trinajstić information content (AvgIpc) is 2.56. The zero-order valence-electron chi connectivity index (χ0n) is 15.9. The van der Waals surface area contributed by atoms with Crippen molar-refractivity contribution in [2.45, 2.75) is 40.2 Å². The van der Waals surface area contributed by atoms with Crippen molar-refractivity contribution in [3.05, 3.63) is 59.2 Å². The van der Waals surface area contributed by atoms with Gasteiger partial charge in [0.05, 0.1) is 11.9 Å². The van der Waals surface area contributed by atoms with Gasteiger partial charge in [-0.15, -0.1) is 0 Å². The number of nitrogens with one attached hydrogen (secondary N) is 1. The van der Waals surface area contributed by atoms with E-state index in [1.165, 1.54) is 4.31 Å². The summed E-state index contributed by atoms with van der Waals surface area (Å²) in [4.78, 5) is 12.9. The molecule has 0 saturated carbocycles. The van der Waals surface area contributed by atoms with Crippen LogP contribution in [0.2, 0.25) is 0 Å². The number of benzene rings is 2. The van der Waals surface area contributed by atoms with Crippen LogP contribution >= 0.6 is 0 Å². The number of anilines is 2. The molecule has 0 aromatic heterocycles. The molecule has 0 heterocycles. The summed E-state index contributed by atoms with van der Waals surface area (Å²) >= 11 is 0. The molecule has 6 heteroatoms. The largest absolute Gasteiger partial charge is 0.324 e. The Labute approximate surface area is 156 Å². The summed E-state index contributed by atoms with van der Waals surface area (Å²) in [6, 6.07) is 12.0. The lowest BCUT2D eigenvalue weighted by Crippen LogP contribution is -2.47. The number of aryl methyl sites for hydroxylation is 2. The van der Waals surface area contributed by atoms with E-state index in [1.54, 1.807) is 19.1 Å². The number of amides is 1. The number of hydrogen-bond acceptors (Lipinski definition) is 3. The quantitative estimate of drug-likeness (QED) is 0.836. The molecule has 1 atom stereocenters. The minimum absolute atomic E-state index is 0.341. The molecule has 1 amide bonds. The number of carbonyl (C=O) groups is 1. The fourth-order valence-electron chi connectivity index (χ4n) is 2.85. The van der Waals surface area contributed by atoms with Gasteiger partial charge in [-0.05, 0) is 56.5 Å². The fourth-order valence-corrected chi connectivity index (χ4v) is 4.07. The van der Waals surface area contributed by atoms with E-state index in [4.69, 9.17) is 0 Å². The van der Waals surface area contributed by atoms with Crippen LogP contribution in [-0.4, -0.2) is 26.6 Å². The van der Waals surface area contributed by atoms with Gasteiger partial charge in [0.25, 0.3) is 0 Å². The Bertz CT molecular complexity index is 890. The third-order valence-electron chi connectivity index (χ3n) is 4.48. The highest BCUT2D eigenvalue weighted by Gasteiger charge is 2.31. The lowest BCUT2D eigenvalue weighted by molar-refractivity contribution is -0.117. The van der Waals surface area contributed by atoms with Crippen molar-refractivity contribution in [2.75, 3.05) is 15.9 Å². The maximum absolute atomic E-state index is 12.9. The summed E-state index contributed by atoms with van der Waals surface area (Å²) in [7, 11) is -3.63. The molecule has 0 fully saturated rings. The number of rotatable bonds is 6. The molecule has 2 aromatic rings. The lowest BCUT2D eigenvalue weighted by Gasteiger charge is -2.30. The summed E-state index contributed by atoms with van der Waals surface area (Å²) in [5, 5.41) is 2.89. The van der Waals surface area contributed by atoms with Gasteiger partial charge in [0, 0.05) is 5.69 Å². The van der Waals surface area contributed by atoms with Crippen LogP contribution in [0, 0.1) is 20.8 Å². The normalized spacial score (nSPS) is 12.5. The Kier molecular flexibility index (Phi) is 6.08. The van der Waals surface area contributed by atoms with Crippen molar-refractivity contribution in [3.63, 3.8) is 0 Å². The van der Waals surface area contributed by atoms with Crippen molar-refractivity contribution in [2.24, 2.45) is 0 Å². The Morgan fingerprint density at radius 2 is 1.69 bits per heavy atom. The molecule has 26 heavy (non-hydrogen) atoms. The van der Waals surface area contributed by atoms with Gasteiger partial charge in [-0.1, -0.05) is 36.8 Å². The summed E-state index contributed by atoms with van der Waals surface area (Å²) in [6.45, 7) is 7.64. The van der Waals surface area contributed by atoms with E-state index in [0.717, 1.165) is 22.9 Å². The van der Waals surface area contributed by atoms with Crippen molar-refractivity contribution >= 4 is 27.3 Å². The van der Waals surface area contributed by atoms with Gasteiger partial charge in [-0.2, -0.15) is 0 Å². The van der Waals surface area contributed by atoms with Gasteiger partial charge in [-0.25, -0.2) is 8.42 Å². The third-order valence-corrected chi connectivity index (χ3v) is 5.66. The minimum Gasteiger partial charge on any atom is -0.324 e. The molecule has 0 bridgehead atoms. The maximum Gasteiger partial charge on any atom is 0.248 e. The second kappa shape index (κ2) is 7.91. The van der Waals surface area contributed by atoms with Gasteiger partial charge in [0.1, 0.15) is 6.04 Å². The molecule has 0 saturated heterocycles. The van der Waals surface area contributed by atoms with Crippen molar-refractivity contribution in [1.29, 1.82) is 0 Å². The van der Waals surface area contributed by atoms with Crippen molar-refractivity contribution in [1.82, 2.24) is 0 Å². The predicted molar refractivity (Wildman–Crippen MR) is 107 cm³/mol. The summed E-state index contributed by atoms with van der Waals surface area (Å²) in [6.07, 6.45) is 1.48. The van der Waals surface area contributed by atoms with Gasteiger partial charge >= 0.3 is 0 Å². The number of nitrogens with zero attached hydrogens (tertiary/aromatic N) is 1. The van der Waals surface area contributed by atoms with Crippen LogP contribution < -0.4 is 9.62 Å². The predicted octanol–water partition coefficient (Wildman–Crippen LogP) is 3.80. The summed E-state index contributed by atoms with van der Waals surface area (Å²) < 4.78 is 26.1. The first kappa shape index (κ1) is 20.0. The van der Waals surface area contributed by atoms with Crippen LogP contribution in [0.3, 0.4) is 0 Å². The van der Waals surface area contributed by atoms with Crippen molar-refractivity contribution < 1.29 is 13.2 Å². The van der Waals surface area contributed by atoms with Crippen LogP contribution in [-0.2, 0) is 14.8 Å². The second-order valence-corrected chi connectivity index (χ2v) is 8.41. The Morgan fingerprint density at radius 1 is 1.08 bits per heavy atom. The van der Waals surface area contributed by atoms with E-state index in [1.807, 2.05) is 51.1 Å². The molecule has 2 rings (SSSR count). The molecule has 0 radical (unpaired) electrons. The molecule has 2 aromatic carbocycles. The number of sulfonamides is 1. The molecule has 1 N–H and O–H groups in total. The average molecular weight is 375 g/mol. The van der Waals surface area contributed by atoms with Gasteiger partial charge in [-0.3, -0.25) is 9.10 Å². The van der Waals surface area contributed by atoms with Gasteiger partial charge < -0.3 is 5.32 Å². The minimum atomic E-state index is -3.63. The number of carbonyl (C=O) groups excluding carboxylic acids is 1. The molecular weight excluding hydrogens is 348 g/mol. The maximum atomic E-state index is 12.9. The highest BCUT2D eigenvalue weighted by Crippen LogP contribution is 2.25. The van der Waals surface area contributed by atoms with E-state index in [0.29, 0.717) is 17.8 Å². The second-order valence-electron chi connectivity index (χ2n) is 6.56. The Morgan fingerprint density at radius 3 is 2.23 bits per heavy atom. The standard InChI is InChI=1S/C20H26N2O3S/c1-6-19(20(23)21-18-9-7-8-15(3)16(18)4)22(26(5,24)25)17-12-10-14(2)11-13-17/h7-13,19H,6H2,1-5H3,(H,21,23). The van der Waals surface area contributed by atoms with Crippen LogP contribution in [0.1, 0.15) is 30.0 Å². The topological polar surface area (TPSA) is 66.5 Å². The van der Waals surface area contributed by atoms with E-state index < -0.39 is 16.1 Å². The monoisotopic (exact) mass is 374 g/mol. The van der Waals surface area contributed by atoms with Crippen LogP contribution in [0.25, 0.3) is 0 Å². The fraction of sp³-hybridized carbons (Fsp3) is 0.350. The highest BCUT2D eigenvalue weighted by molar-refractivity contribution is 7.92. The zero-order chi connectivity index (χ0) is 19.5. The molecule has 0 spiro atoms.